The highest BCUT2D eigenvalue weighted by molar-refractivity contribution is 7.92. The number of halogens is 1. The lowest BCUT2D eigenvalue weighted by molar-refractivity contribution is -0.116. The normalized spacial score (nSPS) is 11.0. The summed E-state index contributed by atoms with van der Waals surface area (Å²) in [5.74, 6) is 0.140. The van der Waals surface area contributed by atoms with E-state index in [4.69, 9.17) is 16.3 Å². The first-order chi connectivity index (χ1) is 14.3. The summed E-state index contributed by atoms with van der Waals surface area (Å²) in [5.41, 5.74) is 0.962. The molecule has 8 heteroatoms. The van der Waals surface area contributed by atoms with Gasteiger partial charge in [0.15, 0.2) is 0 Å². The summed E-state index contributed by atoms with van der Waals surface area (Å²) in [6.45, 7) is -0.389. The number of rotatable bonds is 7. The highest BCUT2D eigenvalue weighted by Crippen LogP contribution is 2.27. The van der Waals surface area contributed by atoms with Gasteiger partial charge in [0.2, 0.25) is 5.91 Å². The van der Waals surface area contributed by atoms with Gasteiger partial charge < -0.3 is 9.64 Å². The average molecular weight is 445 g/mol. The van der Waals surface area contributed by atoms with Crippen LogP contribution in [0.5, 0.6) is 5.75 Å². The minimum Gasteiger partial charge on any atom is -0.497 e. The third kappa shape index (κ3) is 4.75. The maximum Gasteiger partial charge on any atom is 0.264 e. The third-order valence-corrected chi connectivity index (χ3v) is 6.56. The van der Waals surface area contributed by atoms with Crippen LogP contribution >= 0.6 is 11.6 Å². The zero-order chi connectivity index (χ0) is 21.7. The standard InChI is InChI=1S/C22H21ClN2O4S/c1-24(18-8-4-3-5-9-18)22(26)16-25(19-10-6-7-17(23)15-19)30(27,28)21-13-11-20(29-2)12-14-21/h3-15H,16H2,1-2H3. The molecule has 0 saturated carbocycles. The van der Waals surface area contributed by atoms with Gasteiger partial charge in [-0.05, 0) is 54.6 Å². The van der Waals surface area contributed by atoms with E-state index in [0.29, 0.717) is 22.1 Å². The summed E-state index contributed by atoms with van der Waals surface area (Å²) in [5, 5.41) is 0.367. The molecule has 0 atom stereocenters. The van der Waals surface area contributed by atoms with E-state index in [-0.39, 0.29) is 11.4 Å². The molecular weight excluding hydrogens is 424 g/mol. The van der Waals surface area contributed by atoms with Crippen LogP contribution in [0.15, 0.2) is 83.8 Å². The second-order valence-electron chi connectivity index (χ2n) is 6.46. The first kappa shape index (κ1) is 21.7. The number of benzene rings is 3. The molecule has 0 heterocycles. The number of ether oxygens (including phenoxy) is 1. The van der Waals surface area contributed by atoms with Crippen LogP contribution in [0.2, 0.25) is 5.02 Å². The van der Waals surface area contributed by atoms with Crippen LogP contribution in [0.4, 0.5) is 11.4 Å². The molecule has 0 radical (unpaired) electrons. The number of sulfonamides is 1. The van der Waals surface area contributed by atoms with Crippen molar-refractivity contribution in [1.82, 2.24) is 0 Å². The Morgan fingerprint density at radius 2 is 1.57 bits per heavy atom. The molecule has 0 fully saturated rings. The summed E-state index contributed by atoms with van der Waals surface area (Å²) in [6, 6.07) is 21.4. The van der Waals surface area contributed by atoms with Gasteiger partial charge in [0, 0.05) is 17.8 Å². The van der Waals surface area contributed by atoms with Gasteiger partial charge in [-0.1, -0.05) is 35.9 Å². The van der Waals surface area contributed by atoms with Crippen molar-refractivity contribution in [3.8, 4) is 5.75 Å². The van der Waals surface area contributed by atoms with Crippen LogP contribution in [0, 0.1) is 0 Å². The van der Waals surface area contributed by atoms with Gasteiger partial charge in [-0.25, -0.2) is 8.42 Å². The van der Waals surface area contributed by atoms with Crippen LogP contribution in [0.1, 0.15) is 0 Å². The van der Waals surface area contributed by atoms with E-state index in [1.807, 2.05) is 18.2 Å². The van der Waals surface area contributed by atoms with Crippen LogP contribution < -0.4 is 13.9 Å². The van der Waals surface area contributed by atoms with Crippen molar-refractivity contribution in [2.75, 3.05) is 29.9 Å². The maximum absolute atomic E-state index is 13.4. The number of methoxy groups -OCH3 is 1. The van der Waals surface area contributed by atoms with Crippen molar-refractivity contribution in [1.29, 1.82) is 0 Å². The first-order valence-electron chi connectivity index (χ1n) is 9.07. The van der Waals surface area contributed by atoms with Gasteiger partial charge in [-0.15, -0.1) is 0 Å². The molecular formula is C22H21ClN2O4S. The number of nitrogens with zero attached hydrogens (tertiary/aromatic N) is 2. The van der Waals surface area contributed by atoms with Crippen molar-refractivity contribution < 1.29 is 17.9 Å². The van der Waals surface area contributed by atoms with Crippen molar-refractivity contribution in [2.24, 2.45) is 0 Å². The smallest absolute Gasteiger partial charge is 0.264 e. The number of hydrogen-bond acceptors (Lipinski definition) is 4. The largest absolute Gasteiger partial charge is 0.497 e. The van der Waals surface area contributed by atoms with E-state index in [9.17, 15) is 13.2 Å². The van der Waals surface area contributed by atoms with E-state index in [0.717, 1.165) is 4.31 Å². The molecule has 0 aliphatic heterocycles. The predicted octanol–water partition coefficient (Wildman–Crippen LogP) is 4.21. The molecule has 0 saturated heterocycles. The Labute approximate surface area is 181 Å². The zero-order valence-corrected chi connectivity index (χ0v) is 18.1. The number of anilines is 2. The van der Waals surface area contributed by atoms with Crippen LogP contribution in [-0.2, 0) is 14.8 Å². The zero-order valence-electron chi connectivity index (χ0n) is 16.5. The Balaban J connectivity index is 1.99. The molecule has 3 aromatic rings. The SMILES string of the molecule is COc1ccc(S(=O)(=O)N(CC(=O)N(C)c2ccccc2)c2cccc(Cl)c2)cc1. The second-order valence-corrected chi connectivity index (χ2v) is 8.75. The first-order valence-corrected chi connectivity index (χ1v) is 10.9. The molecule has 0 unspecified atom stereocenters. The van der Waals surface area contributed by atoms with Crippen molar-refractivity contribution in [3.63, 3.8) is 0 Å². The summed E-state index contributed by atoms with van der Waals surface area (Å²) in [4.78, 5) is 14.4. The fourth-order valence-corrected chi connectivity index (χ4v) is 4.44. The average Bonchev–Trinajstić information content (AvgIpc) is 2.77. The van der Waals surface area contributed by atoms with E-state index in [1.54, 1.807) is 49.5 Å². The Morgan fingerprint density at radius 1 is 0.933 bits per heavy atom. The van der Waals surface area contributed by atoms with Crippen molar-refractivity contribution in [3.05, 3.63) is 83.9 Å². The lowest BCUT2D eigenvalue weighted by atomic mass is 10.3. The Hall–Kier alpha value is -3.03. The Bertz CT molecular complexity index is 1120. The lowest BCUT2D eigenvalue weighted by Crippen LogP contribution is -2.41. The number of carbonyl (C=O) groups excluding carboxylic acids is 1. The topological polar surface area (TPSA) is 66.9 Å². The van der Waals surface area contributed by atoms with Gasteiger partial charge in [0.25, 0.3) is 10.0 Å². The lowest BCUT2D eigenvalue weighted by Gasteiger charge is -2.27. The summed E-state index contributed by atoms with van der Waals surface area (Å²) >= 11 is 6.09. The number of carbonyl (C=O) groups is 1. The quantitative estimate of drug-likeness (QED) is 0.547. The third-order valence-electron chi connectivity index (χ3n) is 4.54. The highest BCUT2D eigenvalue weighted by Gasteiger charge is 2.28. The summed E-state index contributed by atoms with van der Waals surface area (Å²) in [6.07, 6.45) is 0. The van der Waals surface area contributed by atoms with E-state index in [1.165, 1.54) is 30.2 Å². The molecule has 0 bridgehead atoms. The molecule has 6 nitrogen and oxygen atoms in total. The Kier molecular flexibility index (Phi) is 6.64. The minimum absolute atomic E-state index is 0.0402. The molecule has 0 aliphatic rings. The monoisotopic (exact) mass is 444 g/mol. The van der Waals surface area contributed by atoms with Crippen molar-refractivity contribution >= 4 is 38.9 Å². The summed E-state index contributed by atoms with van der Waals surface area (Å²) in [7, 11) is -0.930. The maximum atomic E-state index is 13.4. The molecule has 0 N–H and O–H groups in total. The number of para-hydroxylation sites is 1. The van der Waals surface area contributed by atoms with Gasteiger partial charge in [0.05, 0.1) is 17.7 Å². The second kappa shape index (κ2) is 9.19. The fourth-order valence-electron chi connectivity index (χ4n) is 2.85. The molecule has 0 aliphatic carbocycles. The van der Waals surface area contributed by atoms with E-state index in [2.05, 4.69) is 0 Å². The van der Waals surface area contributed by atoms with Crippen molar-refractivity contribution in [2.45, 2.75) is 4.90 Å². The van der Waals surface area contributed by atoms with Gasteiger partial charge >= 0.3 is 0 Å². The predicted molar refractivity (Wildman–Crippen MR) is 119 cm³/mol. The van der Waals surface area contributed by atoms with Crippen LogP contribution in [-0.4, -0.2) is 35.0 Å². The van der Waals surface area contributed by atoms with Crippen LogP contribution in [0.3, 0.4) is 0 Å². The van der Waals surface area contributed by atoms with Gasteiger partial charge in [-0.2, -0.15) is 0 Å². The molecule has 0 aromatic heterocycles. The van der Waals surface area contributed by atoms with Gasteiger partial charge in [0.1, 0.15) is 12.3 Å². The molecule has 1 amide bonds. The molecule has 30 heavy (non-hydrogen) atoms. The minimum atomic E-state index is -4.03. The highest BCUT2D eigenvalue weighted by atomic mass is 35.5. The molecule has 3 rings (SSSR count). The molecule has 156 valence electrons. The molecule has 0 spiro atoms. The summed E-state index contributed by atoms with van der Waals surface area (Å²) < 4.78 is 33.0. The Morgan fingerprint density at radius 3 is 2.17 bits per heavy atom. The van der Waals surface area contributed by atoms with Gasteiger partial charge in [-0.3, -0.25) is 9.10 Å². The van der Waals surface area contributed by atoms with Crippen LogP contribution in [0.25, 0.3) is 0 Å². The van der Waals surface area contributed by atoms with E-state index >= 15 is 0 Å². The number of amides is 1. The number of likely N-dealkylation sites (N-methyl/N-ethyl adjacent to an activating group) is 1. The molecule has 3 aromatic carbocycles. The number of hydrogen-bond donors (Lipinski definition) is 0. The fraction of sp³-hybridized carbons (Fsp3) is 0.136. The van der Waals surface area contributed by atoms with E-state index < -0.39 is 15.9 Å².